The number of benzene rings is 2. The van der Waals surface area contributed by atoms with E-state index in [1.54, 1.807) is 7.05 Å². The van der Waals surface area contributed by atoms with E-state index < -0.39 is 0 Å². The SMILES string of the molecule is CNC(=O)c1ccc(CNCc2cccc(COC(C)(C)C)c2)cc1. The van der Waals surface area contributed by atoms with E-state index in [2.05, 4.69) is 55.7 Å². The van der Waals surface area contributed by atoms with Crippen LogP contribution in [0.3, 0.4) is 0 Å². The molecule has 0 spiro atoms. The van der Waals surface area contributed by atoms with Crippen LogP contribution in [-0.2, 0) is 24.4 Å². The number of carbonyl (C=O) groups excluding carboxylic acids is 1. The lowest BCUT2D eigenvalue weighted by Crippen LogP contribution is -2.19. The normalized spacial score (nSPS) is 11.4. The summed E-state index contributed by atoms with van der Waals surface area (Å²) >= 11 is 0. The summed E-state index contributed by atoms with van der Waals surface area (Å²) in [6.45, 7) is 8.37. The minimum atomic E-state index is -0.130. The maximum absolute atomic E-state index is 11.5. The number of rotatable bonds is 7. The molecule has 0 aliphatic rings. The molecule has 2 aromatic rings. The third kappa shape index (κ3) is 6.69. The number of hydrogen-bond donors (Lipinski definition) is 2. The van der Waals surface area contributed by atoms with E-state index in [1.807, 2.05) is 24.3 Å². The van der Waals surface area contributed by atoms with Gasteiger partial charge in [-0.1, -0.05) is 36.4 Å². The van der Waals surface area contributed by atoms with Crippen LogP contribution in [0.4, 0.5) is 0 Å². The molecule has 2 aromatic carbocycles. The van der Waals surface area contributed by atoms with E-state index in [9.17, 15) is 4.79 Å². The predicted octanol–water partition coefficient (Wildman–Crippen LogP) is 3.65. The first kappa shape index (κ1) is 19.2. The standard InChI is InChI=1S/C21H28N2O2/c1-21(2,3)25-15-18-7-5-6-17(12-18)14-23-13-16-8-10-19(11-9-16)20(24)22-4/h5-12,23H,13-15H2,1-4H3,(H,22,24). The topological polar surface area (TPSA) is 50.4 Å². The van der Waals surface area contributed by atoms with Gasteiger partial charge in [0.25, 0.3) is 5.91 Å². The molecule has 0 saturated carbocycles. The number of amides is 1. The monoisotopic (exact) mass is 340 g/mol. The Bertz CT molecular complexity index is 688. The van der Waals surface area contributed by atoms with Gasteiger partial charge in [0.05, 0.1) is 12.2 Å². The van der Waals surface area contributed by atoms with Gasteiger partial charge < -0.3 is 15.4 Å². The molecule has 0 saturated heterocycles. The molecule has 0 atom stereocenters. The zero-order valence-corrected chi connectivity index (χ0v) is 15.6. The number of carbonyl (C=O) groups is 1. The van der Waals surface area contributed by atoms with Crippen LogP contribution < -0.4 is 10.6 Å². The van der Waals surface area contributed by atoms with Crippen LogP contribution in [0.5, 0.6) is 0 Å². The van der Waals surface area contributed by atoms with Crippen molar-refractivity contribution in [1.29, 1.82) is 0 Å². The first-order chi connectivity index (χ1) is 11.9. The molecule has 4 nitrogen and oxygen atoms in total. The molecule has 0 bridgehead atoms. The molecular formula is C21H28N2O2. The van der Waals surface area contributed by atoms with Crippen molar-refractivity contribution < 1.29 is 9.53 Å². The summed E-state index contributed by atoms with van der Waals surface area (Å²) < 4.78 is 5.83. The Labute approximate surface area is 150 Å². The molecule has 0 radical (unpaired) electrons. The van der Waals surface area contributed by atoms with Crippen molar-refractivity contribution in [3.05, 3.63) is 70.8 Å². The fourth-order valence-corrected chi connectivity index (χ4v) is 2.40. The lowest BCUT2D eigenvalue weighted by atomic mass is 10.1. The van der Waals surface area contributed by atoms with Gasteiger partial charge in [0, 0.05) is 25.7 Å². The van der Waals surface area contributed by atoms with E-state index in [4.69, 9.17) is 4.74 Å². The van der Waals surface area contributed by atoms with Crippen molar-refractivity contribution in [2.24, 2.45) is 0 Å². The summed E-state index contributed by atoms with van der Waals surface area (Å²) in [5.74, 6) is -0.0613. The first-order valence-electron chi connectivity index (χ1n) is 8.61. The van der Waals surface area contributed by atoms with Gasteiger partial charge in [0.15, 0.2) is 0 Å². The molecule has 134 valence electrons. The second kappa shape index (κ2) is 8.79. The number of hydrogen-bond acceptors (Lipinski definition) is 3. The maximum Gasteiger partial charge on any atom is 0.251 e. The quantitative estimate of drug-likeness (QED) is 0.809. The Morgan fingerprint density at radius 1 is 0.960 bits per heavy atom. The number of nitrogens with one attached hydrogen (secondary N) is 2. The van der Waals surface area contributed by atoms with Gasteiger partial charge in [-0.3, -0.25) is 4.79 Å². The highest BCUT2D eigenvalue weighted by Gasteiger charge is 2.10. The van der Waals surface area contributed by atoms with Crippen molar-refractivity contribution in [3.8, 4) is 0 Å². The Hall–Kier alpha value is -2.17. The van der Waals surface area contributed by atoms with Gasteiger partial charge >= 0.3 is 0 Å². The lowest BCUT2D eigenvalue weighted by Gasteiger charge is -2.19. The maximum atomic E-state index is 11.5. The average molecular weight is 340 g/mol. The van der Waals surface area contributed by atoms with Crippen LogP contribution in [0, 0.1) is 0 Å². The van der Waals surface area contributed by atoms with E-state index in [0.29, 0.717) is 12.2 Å². The summed E-state index contributed by atoms with van der Waals surface area (Å²) in [6.07, 6.45) is 0. The highest BCUT2D eigenvalue weighted by molar-refractivity contribution is 5.93. The van der Waals surface area contributed by atoms with Crippen molar-refractivity contribution in [3.63, 3.8) is 0 Å². The summed E-state index contributed by atoms with van der Waals surface area (Å²) in [5, 5.41) is 6.06. The first-order valence-corrected chi connectivity index (χ1v) is 8.61. The van der Waals surface area contributed by atoms with E-state index >= 15 is 0 Å². The van der Waals surface area contributed by atoms with E-state index in [0.717, 1.165) is 18.7 Å². The molecule has 0 heterocycles. The molecule has 2 rings (SSSR count). The zero-order chi connectivity index (χ0) is 18.3. The molecule has 1 amide bonds. The second-order valence-corrected chi connectivity index (χ2v) is 7.10. The van der Waals surface area contributed by atoms with Gasteiger partial charge in [-0.15, -0.1) is 0 Å². The van der Waals surface area contributed by atoms with Crippen molar-refractivity contribution in [1.82, 2.24) is 10.6 Å². The molecule has 0 aromatic heterocycles. The average Bonchev–Trinajstić information content (AvgIpc) is 2.60. The lowest BCUT2D eigenvalue weighted by molar-refractivity contribution is -0.0149. The molecular weight excluding hydrogens is 312 g/mol. The van der Waals surface area contributed by atoms with Crippen molar-refractivity contribution in [2.75, 3.05) is 7.05 Å². The largest absolute Gasteiger partial charge is 0.371 e. The Morgan fingerprint density at radius 2 is 1.60 bits per heavy atom. The van der Waals surface area contributed by atoms with Crippen molar-refractivity contribution in [2.45, 2.75) is 46.1 Å². The van der Waals surface area contributed by atoms with E-state index in [1.165, 1.54) is 11.1 Å². The summed E-state index contributed by atoms with van der Waals surface area (Å²) in [6, 6.07) is 16.1. The van der Waals surface area contributed by atoms with Crippen LogP contribution in [0.15, 0.2) is 48.5 Å². The third-order valence-corrected chi connectivity index (χ3v) is 3.76. The molecule has 0 aliphatic carbocycles. The fraction of sp³-hybridized carbons (Fsp3) is 0.381. The van der Waals surface area contributed by atoms with Crippen molar-refractivity contribution >= 4 is 5.91 Å². The predicted molar refractivity (Wildman–Crippen MR) is 101 cm³/mol. The Kier molecular flexibility index (Phi) is 6.73. The molecule has 2 N–H and O–H groups in total. The van der Waals surface area contributed by atoms with Crippen LogP contribution in [0.1, 0.15) is 47.8 Å². The van der Waals surface area contributed by atoms with Gasteiger partial charge in [0.2, 0.25) is 0 Å². The third-order valence-electron chi connectivity index (χ3n) is 3.76. The molecule has 0 unspecified atom stereocenters. The molecule has 0 fully saturated rings. The highest BCUT2D eigenvalue weighted by atomic mass is 16.5. The Morgan fingerprint density at radius 3 is 2.24 bits per heavy atom. The van der Waals surface area contributed by atoms with Crippen LogP contribution in [-0.4, -0.2) is 18.6 Å². The number of ether oxygens (including phenoxy) is 1. The van der Waals surface area contributed by atoms with Gasteiger partial charge in [0.1, 0.15) is 0 Å². The van der Waals surface area contributed by atoms with Gasteiger partial charge in [-0.05, 0) is 49.6 Å². The second-order valence-electron chi connectivity index (χ2n) is 7.10. The minimum Gasteiger partial charge on any atom is -0.371 e. The van der Waals surface area contributed by atoms with E-state index in [-0.39, 0.29) is 11.5 Å². The van der Waals surface area contributed by atoms with Gasteiger partial charge in [-0.25, -0.2) is 0 Å². The fourth-order valence-electron chi connectivity index (χ4n) is 2.40. The smallest absolute Gasteiger partial charge is 0.251 e. The molecule has 4 heteroatoms. The summed E-state index contributed by atoms with van der Waals surface area (Å²) in [4.78, 5) is 11.5. The van der Waals surface area contributed by atoms with Crippen LogP contribution in [0.25, 0.3) is 0 Å². The molecule has 0 aliphatic heterocycles. The summed E-state index contributed by atoms with van der Waals surface area (Å²) in [5.41, 5.74) is 4.12. The minimum absolute atomic E-state index is 0.0613. The van der Waals surface area contributed by atoms with Crippen LogP contribution >= 0.6 is 0 Å². The Balaban J connectivity index is 1.84. The highest BCUT2D eigenvalue weighted by Crippen LogP contribution is 2.13. The molecule has 25 heavy (non-hydrogen) atoms. The zero-order valence-electron chi connectivity index (χ0n) is 15.6. The van der Waals surface area contributed by atoms with Crippen LogP contribution in [0.2, 0.25) is 0 Å². The van der Waals surface area contributed by atoms with Gasteiger partial charge in [-0.2, -0.15) is 0 Å². The summed E-state index contributed by atoms with van der Waals surface area (Å²) in [7, 11) is 1.64.